The van der Waals surface area contributed by atoms with Crippen molar-refractivity contribution in [2.45, 2.75) is 19.9 Å². The molecule has 0 aliphatic carbocycles. The van der Waals surface area contributed by atoms with Crippen molar-refractivity contribution in [2.24, 2.45) is 5.92 Å². The molecule has 1 rings (SSSR count). The van der Waals surface area contributed by atoms with Crippen molar-refractivity contribution < 1.29 is 23.8 Å². The fourth-order valence-corrected chi connectivity index (χ4v) is 1.46. The maximum Gasteiger partial charge on any atom is 0.330 e. The molecule has 0 radical (unpaired) electrons. The Labute approximate surface area is 110 Å². The molecule has 6 heteroatoms. The lowest BCUT2D eigenvalue weighted by atomic mass is 10.1. The fourth-order valence-electron chi connectivity index (χ4n) is 1.46. The third kappa shape index (κ3) is 3.67. The van der Waals surface area contributed by atoms with Gasteiger partial charge in [0.25, 0.3) is 0 Å². The predicted octanol–water partition coefficient (Wildman–Crippen LogP) is 1.73. The lowest BCUT2D eigenvalue weighted by molar-refractivity contribution is -0.142. The number of amides is 1. The maximum atomic E-state index is 13.5. The Hall–Kier alpha value is -2.11. The van der Waals surface area contributed by atoms with Crippen LogP contribution in [0.2, 0.25) is 0 Å². The molecule has 19 heavy (non-hydrogen) atoms. The molecule has 1 aromatic carbocycles. The molecular weight excluding hydrogens is 253 g/mol. The van der Waals surface area contributed by atoms with Crippen LogP contribution < -0.4 is 10.1 Å². The summed E-state index contributed by atoms with van der Waals surface area (Å²) in [7, 11) is 1.31. The van der Waals surface area contributed by atoms with Crippen LogP contribution in [-0.2, 0) is 9.59 Å². The largest absolute Gasteiger partial charge is 0.494 e. The van der Waals surface area contributed by atoms with Gasteiger partial charge in [-0.3, -0.25) is 4.79 Å². The van der Waals surface area contributed by atoms with E-state index in [1.54, 1.807) is 13.8 Å². The van der Waals surface area contributed by atoms with Crippen LogP contribution in [0.1, 0.15) is 25.5 Å². The molecule has 2 N–H and O–H groups in total. The van der Waals surface area contributed by atoms with Gasteiger partial charge >= 0.3 is 5.97 Å². The van der Waals surface area contributed by atoms with Gasteiger partial charge in [0.1, 0.15) is 0 Å². The second-order valence-electron chi connectivity index (χ2n) is 4.33. The topological polar surface area (TPSA) is 75.6 Å². The minimum atomic E-state index is -1.28. The Morgan fingerprint density at radius 1 is 1.37 bits per heavy atom. The maximum absolute atomic E-state index is 13.5. The lowest BCUT2D eigenvalue weighted by Crippen LogP contribution is -2.36. The first-order valence-electron chi connectivity index (χ1n) is 5.73. The van der Waals surface area contributed by atoms with Crippen molar-refractivity contribution in [1.82, 2.24) is 5.32 Å². The third-order valence-corrected chi connectivity index (χ3v) is 2.57. The molecule has 0 saturated carbocycles. The summed E-state index contributed by atoms with van der Waals surface area (Å²) in [5.41, 5.74) is 0.153. The summed E-state index contributed by atoms with van der Waals surface area (Å²) < 4.78 is 18.3. The number of carboxylic acids is 1. The molecule has 0 heterocycles. The highest BCUT2D eigenvalue weighted by Gasteiger charge is 2.24. The molecular formula is C13H16FNO4. The van der Waals surface area contributed by atoms with Crippen molar-refractivity contribution in [1.29, 1.82) is 0 Å². The van der Waals surface area contributed by atoms with E-state index in [2.05, 4.69) is 5.32 Å². The number of rotatable bonds is 5. The molecule has 1 atom stereocenters. The zero-order valence-corrected chi connectivity index (χ0v) is 10.9. The first kappa shape index (κ1) is 14.9. The number of halogens is 1. The SMILES string of the molecule is COc1ccc(C(NC(=O)C(C)C)C(=O)O)cc1F. The van der Waals surface area contributed by atoms with E-state index < -0.39 is 23.7 Å². The number of ether oxygens (including phenoxy) is 1. The highest BCUT2D eigenvalue weighted by atomic mass is 19.1. The van der Waals surface area contributed by atoms with Gasteiger partial charge in [-0.2, -0.15) is 0 Å². The van der Waals surface area contributed by atoms with E-state index in [0.717, 1.165) is 6.07 Å². The van der Waals surface area contributed by atoms with Crippen LogP contribution in [0.4, 0.5) is 4.39 Å². The van der Waals surface area contributed by atoms with E-state index >= 15 is 0 Å². The molecule has 1 aromatic rings. The van der Waals surface area contributed by atoms with E-state index in [4.69, 9.17) is 9.84 Å². The van der Waals surface area contributed by atoms with Crippen LogP contribution in [-0.4, -0.2) is 24.1 Å². The number of nitrogens with one attached hydrogen (secondary N) is 1. The second-order valence-corrected chi connectivity index (χ2v) is 4.33. The molecule has 0 aliphatic heterocycles. The normalized spacial score (nSPS) is 12.1. The average molecular weight is 269 g/mol. The number of carbonyl (C=O) groups is 2. The van der Waals surface area contributed by atoms with Gasteiger partial charge in [-0.05, 0) is 17.7 Å². The van der Waals surface area contributed by atoms with Crippen molar-refractivity contribution in [3.63, 3.8) is 0 Å². The van der Waals surface area contributed by atoms with Crippen molar-refractivity contribution in [2.75, 3.05) is 7.11 Å². The monoisotopic (exact) mass is 269 g/mol. The molecule has 0 fully saturated rings. The summed E-state index contributed by atoms with van der Waals surface area (Å²) >= 11 is 0. The summed E-state index contributed by atoms with van der Waals surface area (Å²) in [4.78, 5) is 22.7. The molecule has 0 aromatic heterocycles. The van der Waals surface area contributed by atoms with Gasteiger partial charge in [-0.25, -0.2) is 9.18 Å². The van der Waals surface area contributed by atoms with E-state index in [0.29, 0.717) is 0 Å². The number of benzene rings is 1. The van der Waals surface area contributed by atoms with E-state index in [1.807, 2.05) is 0 Å². The third-order valence-electron chi connectivity index (χ3n) is 2.57. The summed E-state index contributed by atoms with van der Waals surface area (Å²) in [6.07, 6.45) is 0. The van der Waals surface area contributed by atoms with Gasteiger partial charge in [-0.1, -0.05) is 19.9 Å². The Morgan fingerprint density at radius 3 is 2.42 bits per heavy atom. The predicted molar refractivity (Wildman–Crippen MR) is 66.3 cm³/mol. The lowest BCUT2D eigenvalue weighted by Gasteiger charge is -2.17. The summed E-state index contributed by atoms with van der Waals surface area (Å²) in [5.74, 6) is -2.68. The summed E-state index contributed by atoms with van der Waals surface area (Å²) in [6.45, 7) is 3.28. The highest BCUT2D eigenvalue weighted by Crippen LogP contribution is 2.22. The van der Waals surface area contributed by atoms with E-state index in [9.17, 15) is 14.0 Å². The number of aliphatic carboxylic acids is 1. The molecule has 1 unspecified atom stereocenters. The molecule has 0 spiro atoms. The Morgan fingerprint density at radius 2 is 2.00 bits per heavy atom. The van der Waals surface area contributed by atoms with Crippen molar-refractivity contribution in [3.8, 4) is 5.75 Å². The number of carboxylic acid groups (broad SMARTS) is 1. The standard InChI is InChI=1S/C13H16FNO4/c1-7(2)12(16)15-11(13(17)18)8-4-5-10(19-3)9(14)6-8/h4-7,11H,1-3H3,(H,15,16)(H,17,18). The Kier molecular flexibility index (Phi) is 4.86. The van der Waals surface area contributed by atoms with Crippen LogP contribution >= 0.6 is 0 Å². The average Bonchev–Trinajstić information content (AvgIpc) is 2.34. The minimum absolute atomic E-state index is 0.0167. The van der Waals surface area contributed by atoms with Gasteiger partial charge < -0.3 is 15.2 Å². The van der Waals surface area contributed by atoms with Gasteiger partial charge in [0.2, 0.25) is 5.91 Å². The van der Waals surface area contributed by atoms with Crippen LogP contribution in [0, 0.1) is 11.7 Å². The molecule has 0 saturated heterocycles. The molecule has 5 nitrogen and oxygen atoms in total. The molecule has 1 amide bonds. The number of methoxy groups -OCH3 is 1. The van der Waals surface area contributed by atoms with Crippen molar-refractivity contribution in [3.05, 3.63) is 29.6 Å². The van der Waals surface area contributed by atoms with Crippen LogP contribution in [0.5, 0.6) is 5.75 Å². The van der Waals surface area contributed by atoms with Gasteiger partial charge in [-0.15, -0.1) is 0 Å². The summed E-state index contributed by atoms with van der Waals surface area (Å²) in [5, 5.41) is 11.5. The first-order chi connectivity index (χ1) is 8.86. The number of hydrogen-bond acceptors (Lipinski definition) is 3. The van der Waals surface area contributed by atoms with Crippen LogP contribution in [0.3, 0.4) is 0 Å². The quantitative estimate of drug-likeness (QED) is 0.853. The summed E-state index contributed by atoms with van der Waals surface area (Å²) in [6, 6.07) is 2.48. The zero-order valence-electron chi connectivity index (χ0n) is 10.9. The second kappa shape index (κ2) is 6.17. The first-order valence-corrected chi connectivity index (χ1v) is 5.73. The van der Waals surface area contributed by atoms with E-state index in [-0.39, 0.29) is 17.2 Å². The molecule has 0 bridgehead atoms. The van der Waals surface area contributed by atoms with Gasteiger partial charge in [0, 0.05) is 5.92 Å². The number of carbonyl (C=O) groups excluding carboxylic acids is 1. The number of hydrogen-bond donors (Lipinski definition) is 2. The van der Waals surface area contributed by atoms with Crippen LogP contribution in [0.25, 0.3) is 0 Å². The van der Waals surface area contributed by atoms with Gasteiger partial charge in [0.15, 0.2) is 17.6 Å². The zero-order chi connectivity index (χ0) is 14.6. The van der Waals surface area contributed by atoms with Gasteiger partial charge in [0.05, 0.1) is 7.11 Å². The Balaban J connectivity index is 3.03. The van der Waals surface area contributed by atoms with Crippen molar-refractivity contribution >= 4 is 11.9 Å². The molecule has 0 aliphatic rings. The molecule has 104 valence electrons. The van der Waals surface area contributed by atoms with Crippen LogP contribution in [0.15, 0.2) is 18.2 Å². The smallest absolute Gasteiger partial charge is 0.330 e. The fraction of sp³-hybridized carbons (Fsp3) is 0.385. The Bertz CT molecular complexity index is 488. The highest BCUT2D eigenvalue weighted by molar-refractivity contribution is 5.85. The minimum Gasteiger partial charge on any atom is -0.494 e. The van der Waals surface area contributed by atoms with E-state index in [1.165, 1.54) is 19.2 Å².